The van der Waals surface area contributed by atoms with Gasteiger partial charge in [0.25, 0.3) is 5.91 Å². The minimum atomic E-state index is -0.816. The summed E-state index contributed by atoms with van der Waals surface area (Å²) in [5.74, 6) is -2.03. The lowest BCUT2D eigenvalue weighted by atomic mass is 10.1. The van der Waals surface area contributed by atoms with E-state index in [1.54, 1.807) is 19.1 Å². The molecule has 2 aromatic carbocycles. The molecule has 0 spiro atoms. The van der Waals surface area contributed by atoms with Crippen molar-refractivity contribution in [2.45, 2.75) is 20.3 Å². The van der Waals surface area contributed by atoms with Crippen molar-refractivity contribution in [3.05, 3.63) is 59.2 Å². The number of carbonyl (C=O) groups is 3. The minimum Gasteiger partial charge on any atom is -0.507 e. The van der Waals surface area contributed by atoms with E-state index in [1.807, 2.05) is 25.1 Å². The number of carbonyl (C=O) groups excluding carboxylic acids is 3. The molecule has 0 saturated carbocycles. The lowest BCUT2D eigenvalue weighted by Gasteiger charge is -2.10. The van der Waals surface area contributed by atoms with Gasteiger partial charge in [-0.3, -0.25) is 9.59 Å². The molecule has 3 N–H and O–H groups in total. The predicted molar refractivity (Wildman–Crippen MR) is 101 cm³/mol. The molecule has 0 saturated heterocycles. The van der Waals surface area contributed by atoms with Crippen molar-refractivity contribution < 1.29 is 24.2 Å². The number of nitrogens with one attached hydrogen (secondary N) is 2. The Morgan fingerprint density at radius 1 is 1.07 bits per heavy atom. The van der Waals surface area contributed by atoms with Crippen molar-refractivity contribution in [3.63, 3.8) is 0 Å². The van der Waals surface area contributed by atoms with Crippen molar-refractivity contribution in [2.24, 2.45) is 0 Å². The van der Waals surface area contributed by atoms with Crippen LogP contribution in [0.5, 0.6) is 5.75 Å². The zero-order chi connectivity index (χ0) is 19.8. The summed E-state index contributed by atoms with van der Waals surface area (Å²) in [6.07, 6.45) is 0.768. The topological polar surface area (TPSA) is 105 Å². The molecule has 0 aliphatic heterocycles. The molecule has 0 radical (unpaired) electrons. The SMILES string of the molecule is CCc1ccccc1NC(=O)CNC(=O)COC(=O)c1ccc(C)cc1O. The third-order valence-electron chi connectivity index (χ3n) is 3.83. The monoisotopic (exact) mass is 370 g/mol. The zero-order valence-corrected chi connectivity index (χ0v) is 15.2. The Bertz CT molecular complexity index is 848. The molecule has 142 valence electrons. The molecule has 0 heterocycles. The molecule has 2 amide bonds. The number of hydrogen-bond acceptors (Lipinski definition) is 5. The van der Waals surface area contributed by atoms with Crippen LogP contribution in [0.25, 0.3) is 0 Å². The molecule has 27 heavy (non-hydrogen) atoms. The first-order valence-corrected chi connectivity index (χ1v) is 8.52. The Morgan fingerprint density at radius 2 is 1.81 bits per heavy atom. The maximum atomic E-state index is 12.0. The second kappa shape index (κ2) is 9.38. The number of ether oxygens (including phenoxy) is 1. The number of rotatable bonds is 7. The molecule has 0 fully saturated rings. The van der Waals surface area contributed by atoms with Crippen LogP contribution in [-0.4, -0.2) is 36.0 Å². The number of amides is 2. The van der Waals surface area contributed by atoms with E-state index in [-0.39, 0.29) is 23.8 Å². The van der Waals surface area contributed by atoms with Gasteiger partial charge in [-0.2, -0.15) is 0 Å². The van der Waals surface area contributed by atoms with Crippen LogP contribution in [0.4, 0.5) is 5.69 Å². The highest BCUT2D eigenvalue weighted by atomic mass is 16.5. The van der Waals surface area contributed by atoms with E-state index in [1.165, 1.54) is 12.1 Å². The van der Waals surface area contributed by atoms with Gasteiger partial charge in [0.05, 0.1) is 6.54 Å². The van der Waals surface area contributed by atoms with E-state index in [0.717, 1.165) is 17.5 Å². The Kier molecular flexibility index (Phi) is 6.93. The van der Waals surface area contributed by atoms with Crippen molar-refractivity contribution in [1.29, 1.82) is 0 Å². The molecule has 2 aromatic rings. The fourth-order valence-corrected chi connectivity index (χ4v) is 2.40. The largest absolute Gasteiger partial charge is 0.507 e. The second-order valence-electron chi connectivity index (χ2n) is 5.93. The molecule has 7 nitrogen and oxygen atoms in total. The normalized spacial score (nSPS) is 10.1. The van der Waals surface area contributed by atoms with E-state index in [2.05, 4.69) is 10.6 Å². The molecule has 0 bridgehead atoms. The number of esters is 1. The quantitative estimate of drug-likeness (QED) is 0.648. The van der Waals surface area contributed by atoms with Gasteiger partial charge in [-0.25, -0.2) is 4.79 Å². The molecular formula is C20H22N2O5. The molecule has 0 atom stereocenters. The van der Waals surface area contributed by atoms with E-state index in [4.69, 9.17) is 4.74 Å². The van der Waals surface area contributed by atoms with E-state index in [0.29, 0.717) is 5.69 Å². The first-order chi connectivity index (χ1) is 12.9. The highest BCUT2D eigenvalue weighted by Gasteiger charge is 2.15. The van der Waals surface area contributed by atoms with Crippen molar-refractivity contribution >= 4 is 23.5 Å². The molecule has 0 aromatic heterocycles. The summed E-state index contributed by atoms with van der Waals surface area (Å²) in [7, 11) is 0. The van der Waals surface area contributed by atoms with Gasteiger partial charge >= 0.3 is 5.97 Å². The third kappa shape index (κ3) is 5.85. The van der Waals surface area contributed by atoms with Crippen LogP contribution in [-0.2, 0) is 20.7 Å². The Morgan fingerprint density at radius 3 is 2.52 bits per heavy atom. The molecular weight excluding hydrogens is 348 g/mol. The van der Waals surface area contributed by atoms with Crippen LogP contribution in [0.15, 0.2) is 42.5 Å². The Balaban J connectivity index is 1.78. The standard InChI is InChI=1S/C20H22N2O5/c1-3-14-6-4-5-7-16(14)22-18(24)11-21-19(25)12-27-20(26)15-9-8-13(2)10-17(15)23/h4-10,23H,3,11-12H2,1-2H3,(H,21,25)(H,22,24). The van der Waals surface area contributed by atoms with Gasteiger partial charge in [0.1, 0.15) is 11.3 Å². The summed E-state index contributed by atoms with van der Waals surface area (Å²) in [4.78, 5) is 35.6. The van der Waals surface area contributed by atoms with Gasteiger partial charge in [-0.05, 0) is 42.7 Å². The van der Waals surface area contributed by atoms with Gasteiger partial charge < -0.3 is 20.5 Å². The number of aryl methyl sites for hydroxylation is 2. The van der Waals surface area contributed by atoms with Crippen LogP contribution >= 0.6 is 0 Å². The fraction of sp³-hybridized carbons (Fsp3) is 0.250. The van der Waals surface area contributed by atoms with Crippen LogP contribution in [0.1, 0.15) is 28.4 Å². The van der Waals surface area contributed by atoms with Gasteiger partial charge in [-0.1, -0.05) is 31.2 Å². The first-order valence-electron chi connectivity index (χ1n) is 8.52. The van der Waals surface area contributed by atoms with Crippen molar-refractivity contribution in [3.8, 4) is 5.75 Å². The second-order valence-corrected chi connectivity index (χ2v) is 5.93. The zero-order valence-electron chi connectivity index (χ0n) is 15.2. The summed E-state index contributed by atoms with van der Waals surface area (Å²) in [6.45, 7) is 2.95. The predicted octanol–water partition coefficient (Wildman–Crippen LogP) is 2.17. The Labute approximate surface area is 157 Å². The first kappa shape index (κ1) is 20.0. The van der Waals surface area contributed by atoms with Gasteiger partial charge in [0.15, 0.2) is 6.61 Å². The molecule has 2 rings (SSSR count). The maximum Gasteiger partial charge on any atom is 0.342 e. The molecule has 7 heteroatoms. The number of hydrogen-bond donors (Lipinski definition) is 3. The minimum absolute atomic E-state index is 0.0256. The van der Waals surface area contributed by atoms with Crippen molar-refractivity contribution in [2.75, 3.05) is 18.5 Å². The molecule has 0 aliphatic carbocycles. The van der Waals surface area contributed by atoms with Crippen LogP contribution in [0.3, 0.4) is 0 Å². The highest BCUT2D eigenvalue weighted by molar-refractivity contribution is 5.96. The number of phenols is 1. The summed E-state index contributed by atoms with van der Waals surface area (Å²) in [5, 5.41) is 14.8. The average molecular weight is 370 g/mol. The number of anilines is 1. The van der Waals surface area contributed by atoms with Crippen molar-refractivity contribution in [1.82, 2.24) is 5.32 Å². The van der Waals surface area contributed by atoms with Gasteiger partial charge in [0.2, 0.25) is 5.91 Å². The average Bonchev–Trinajstić information content (AvgIpc) is 2.65. The lowest BCUT2D eigenvalue weighted by Crippen LogP contribution is -2.35. The summed E-state index contributed by atoms with van der Waals surface area (Å²) in [5.41, 5.74) is 2.45. The van der Waals surface area contributed by atoms with E-state index < -0.39 is 18.5 Å². The van der Waals surface area contributed by atoms with Crippen LogP contribution < -0.4 is 10.6 Å². The summed E-state index contributed by atoms with van der Waals surface area (Å²) >= 11 is 0. The maximum absolute atomic E-state index is 12.0. The van der Waals surface area contributed by atoms with Gasteiger partial charge in [0, 0.05) is 5.69 Å². The fourth-order valence-electron chi connectivity index (χ4n) is 2.40. The number of para-hydroxylation sites is 1. The number of phenolic OH excluding ortho intramolecular Hbond substituents is 1. The smallest absolute Gasteiger partial charge is 0.342 e. The lowest BCUT2D eigenvalue weighted by molar-refractivity contribution is -0.126. The highest BCUT2D eigenvalue weighted by Crippen LogP contribution is 2.19. The Hall–Kier alpha value is -3.35. The van der Waals surface area contributed by atoms with E-state index in [9.17, 15) is 19.5 Å². The summed E-state index contributed by atoms with van der Waals surface area (Å²) < 4.78 is 4.85. The molecule has 0 aliphatic rings. The summed E-state index contributed by atoms with van der Waals surface area (Å²) in [6, 6.07) is 11.9. The van der Waals surface area contributed by atoms with Crippen LogP contribution in [0.2, 0.25) is 0 Å². The van der Waals surface area contributed by atoms with Crippen LogP contribution in [0, 0.1) is 6.92 Å². The molecule has 0 unspecified atom stereocenters. The van der Waals surface area contributed by atoms with Gasteiger partial charge in [-0.15, -0.1) is 0 Å². The third-order valence-corrected chi connectivity index (χ3v) is 3.83. The number of aromatic hydroxyl groups is 1. The van der Waals surface area contributed by atoms with E-state index >= 15 is 0 Å². The number of benzene rings is 2.